The summed E-state index contributed by atoms with van der Waals surface area (Å²) in [6.45, 7) is 19.6. The van der Waals surface area contributed by atoms with Gasteiger partial charge in [-0.25, -0.2) is 0 Å². The van der Waals surface area contributed by atoms with Crippen molar-refractivity contribution < 1.29 is 0 Å². The van der Waals surface area contributed by atoms with Crippen molar-refractivity contribution in [3.05, 3.63) is 53.3 Å². The fraction of sp³-hybridized carbons (Fsp3) is 0.560. The molecule has 1 fully saturated rings. The molecule has 0 atom stereocenters. The molecule has 29 heavy (non-hydrogen) atoms. The molecule has 1 aromatic carbocycles. The van der Waals surface area contributed by atoms with Crippen molar-refractivity contribution in [3.8, 4) is 0 Å². The third-order valence-corrected chi connectivity index (χ3v) is 5.12. The molecule has 0 heterocycles. The zero-order chi connectivity index (χ0) is 22.4. The van der Waals surface area contributed by atoms with Gasteiger partial charge in [-0.3, -0.25) is 4.99 Å². The molecular formula is C25H42ClN3. The van der Waals surface area contributed by atoms with Crippen molar-refractivity contribution in [1.82, 2.24) is 5.32 Å². The Balaban J connectivity index is 0.000000499. The first-order valence-electron chi connectivity index (χ1n) is 10.8. The molecule has 1 aliphatic rings. The molecule has 0 saturated heterocycles. The van der Waals surface area contributed by atoms with Crippen LogP contribution < -0.4 is 10.2 Å². The standard InChI is InChI=1S/C12H22N2.C11H14ClN.C2H6/c1-10(2)13-11(3)14-12-8-6-4-5-7-9-12;1-8(2)13(4)10-6-5-9(3)11(12)7-10;1-2/h12H,1,4-9H2,2-3H3,(H,13,14);5-7H,1H2,2-4H3;1-2H3. The Labute approximate surface area is 185 Å². The predicted molar refractivity (Wildman–Crippen MR) is 133 cm³/mol. The molecule has 0 amide bonds. The van der Waals surface area contributed by atoms with Crippen LogP contribution in [0.15, 0.2) is 47.7 Å². The van der Waals surface area contributed by atoms with Crippen LogP contribution in [-0.2, 0) is 0 Å². The lowest BCUT2D eigenvalue weighted by molar-refractivity contribution is 0.583. The Morgan fingerprint density at radius 2 is 1.62 bits per heavy atom. The van der Waals surface area contributed by atoms with E-state index in [1.807, 2.05) is 71.7 Å². The largest absolute Gasteiger partial charge is 0.349 e. The number of hydrogen-bond donors (Lipinski definition) is 1. The van der Waals surface area contributed by atoms with Crippen LogP contribution in [0.5, 0.6) is 0 Å². The SMILES string of the molecule is C=C(C)N(C)c1ccc(C)c(Cl)c1.C=C(C)NC(C)=NC1CCCCCC1.CC. The number of amidine groups is 1. The second kappa shape index (κ2) is 15.1. The summed E-state index contributed by atoms with van der Waals surface area (Å²) >= 11 is 6.01. The Bertz CT molecular complexity index is 656. The Morgan fingerprint density at radius 3 is 2.07 bits per heavy atom. The molecule has 2 rings (SSSR count). The molecular weight excluding hydrogens is 378 g/mol. The van der Waals surface area contributed by atoms with E-state index in [2.05, 4.69) is 23.5 Å². The van der Waals surface area contributed by atoms with Crippen molar-refractivity contribution in [3.63, 3.8) is 0 Å². The van der Waals surface area contributed by atoms with Gasteiger partial charge in [-0.1, -0.05) is 70.4 Å². The van der Waals surface area contributed by atoms with Crippen LogP contribution in [0.4, 0.5) is 5.69 Å². The average Bonchev–Trinajstić information content (AvgIpc) is 2.93. The summed E-state index contributed by atoms with van der Waals surface area (Å²) in [6.07, 6.45) is 7.98. The maximum atomic E-state index is 6.01. The van der Waals surface area contributed by atoms with Gasteiger partial charge in [-0.15, -0.1) is 0 Å². The first-order chi connectivity index (χ1) is 13.7. The Hall–Kier alpha value is -1.74. The smallest absolute Gasteiger partial charge is 0.0976 e. The van der Waals surface area contributed by atoms with E-state index in [1.54, 1.807) is 0 Å². The molecule has 0 unspecified atom stereocenters. The zero-order valence-electron chi connectivity index (χ0n) is 19.7. The summed E-state index contributed by atoms with van der Waals surface area (Å²) < 4.78 is 0. The van der Waals surface area contributed by atoms with E-state index in [9.17, 15) is 0 Å². The molecule has 0 radical (unpaired) electrons. The van der Waals surface area contributed by atoms with Gasteiger partial charge < -0.3 is 10.2 Å². The summed E-state index contributed by atoms with van der Waals surface area (Å²) in [4.78, 5) is 6.69. The first-order valence-corrected chi connectivity index (χ1v) is 11.2. The monoisotopic (exact) mass is 419 g/mol. The zero-order valence-corrected chi connectivity index (χ0v) is 20.5. The molecule has 0 aliphatic heterocycles. The van der Waals surface area contributed by atoms with E-state index in [0.717, 1.165) is 33.5 Å². The average molecular weight is 420 g/mol. The molecule has 3 nitrogen and oxygen atoms in total. The van der Waals surface area contributed by atoms with Crippen molar-refractivity contribution in [2.45, 2.75) is 86.1 Å². The van der Waals surface area contributed by atoms with E-state index in [-0.39, 0.29) is 0 Å². The number of halogens is 1. The number of anilines is 1. The van der Waals surface area contributed by atoms with E-state index >= 15 is 0 Å². The number of aliphatic imine (C=N–C) groups is 1. The normalized spacial score (nSPS) is 14.4. The number of benzene rings is 1. The maximum absolute atomic E-state index is 6.01. The Morgan fingerprint density at radius 1 is 1.07 bits per heavy atom. The topological polar surface area (TPSA) is 27.6 Å². The number of aryl methyl sites for hydroxylation is 1. The highest BCUT2D eigenvalue weighted by Crippen LogP contribution is 2.24. The van der Waals surface area contributed by atoms with Gasteiger partial charge in [0, 0.05) is 29.2 Å². The van der Waals surface area contributed by atoms with Gasteiger partial charge in [0.1, 0.15) is 0 Å². The van der Waals surface area contributed by atoms with E-state index < -0.39 is 0 Å². The maximum Gasteiger partial charge on any atom is 0.0976 e. The van der Waals surface area contributed by atoms with Crippen LogP contribution in [0.1, 0.15) is 78.7 Å². The first kappa shape index (κ1) is 27.3. The predicted octanol–water partition coefficient (Wildman–Crippen LogP) is 7.90. The third kappa shape index (κ3) is 11.8. The highest BCUT2D eigenvalue weighted by atomic mass is 35.5. The third-order valence-electron chi connectivity index (χ3n) is 4.71. The summed E-state index contributed by atoms with van der Waals surface area (Å²) in [5, 5.41) is 3.96. The van der Waals surface area contributed by atoms with Gasteiger partial charge in [0.25, 0.3) is 0 Å². The fourth-order valence-electron chi connectivity index (χ4n) is 3.01. The van der Waals surface area contributed by atoms with Crippen LogP contribution >= 0.6 is 11.6 Å². The van der Waals surface area contributed by atoms with E-state index in [1.165, 1.54) is 38.5 Å². The number of hydrogen-bond acceptors (Lipinski definition) is 2. The van der Waals surface area contributed by atoms with Crippen LogP contribution in [0.3, 0.4) is 0 Å². The van der Waals surface area contributed by atoms with Gasteiger partial charge >= 0.3 is 0 Å². The lowest BCUT2D eigenvalue weighted by atomic mass is 10.1. The van der Waals surface area contributed by atoms with Crippen LogP contribution in [0, 0.1) is 6.92 Å². The van der Waals surface area contributed by atoms with Gasteiger partial charge in [-0.05, 0) is 58.2 Å². The number of allylic oxidation sites excluding steroid dienone is 2. The molecule has 0 aromatic heterocycles. The van der Waals surface area contributed by atoms with Crippen LogP contribution in [0.25, 0.3) is 0 Å². The Kier molecular flexibility index (Phi) is 14.2. The quantitative estimate of drug-likeness (QED) is 0.305. The highest BCUT2D eigenvalue weighted by Gasteiger charge is 2.10. The lowest BCUT2D eigenvalue weighted by Gasteiger charge is -2.19. The molecule has 1 N–H and O–H groups in total. The summed E-state index contributed by atoms with van der Waals surface area (Å²) in [6, 6.07) is 6.54. The molecule has 0 spiro atoms. The van der Waals surface area contributed by atoms with E-state index in [0.29, 0.717) is 6.04 Å². The van der Waals surface area contributed by atoms with E-state index in [4.69, 9.17) is 11.6 Å². The van der Waals surface area contributed by atoms with Gasteiger partial charge in [0.2, 0.25) is 0 Å². The van der Waals surface area contributed by atoms with Crippen molar-refractivity contribution >= 4 is 23.1 Å². The van der Waals surface area contributed by atoms with Gasteiger partial charge in [0.05, 0.1) is 11.9 Å². The van der Waals surface area contributed by atoms with Crippen molar-refractivity contribution in [2.24, 2.45) is 4.99 Å². The fourth-order valence-corrected chi connectivity index (χ4v) is 3.19. The highest BCUT2D eigenvalue weighted by molar-refractivity contribution is 6.31. The van der Waals surface area contributed by atoms with Crippen LogP contribution in [-0.4, -0.2) is 18.9 Å². The molecule has 1 aromatic rings. The summed E-state index contributed by atoms with van der Waals surface area (Å²) in [5.41, 5.74) is 4.14. The summed E-state index contributed by atoms with van der Waals surface area (Å²) in [5.74, 6) is 1.02. The molecule has 1 aliphatic carbocycles. The van der Waals surface area contributed by atoms with Gasteiger partial charge in [0.15, 0.2) is 0 Å². The van der Waals surface area contributed by atoms with Gasteiger partial charge in [-0.2, -0.15) is 0 Å². The molecule has 1 saturated carbocycles. The number of rotatable bonds is 4. The molecule has 164 valence electrons. The summed E-state index contributed by atoms with van der Waals surface area (Å²) in [7, 11) is 1.98. The lowest BCUT2D eigenvalue weighted by Crippen LogP contribution is -2.20. The number of nitrogens with one attached hydrogen (secondary N) is 1. The minimum Gasteiger partial charge on any atom is -0.349 e. The second-order valence-electron chi connectivity index (χ2n) is 7.49. The molecule has 4 heteroatoms. The van der Waals surface area contributed by atoms with Crippen molar-refractivity contribution in [1.29, 1.82) is 0 Å². The van der Waals surface area contributed by atoms with Crippen LogP contribution in [0.2, 0.25) is 5.02 Å². The number of nitrogens with zero attached hydrogens (tertiary/aromatic N) is 2. The minimum atomic E-state index is 0.546. The molecule has 0 bridgehead atoms. The second-order valence-corrected chi connectivity index (χ2v) is 7.90. The minimum absolute atomic E-state index is 0.546. The van der Waals surface area contributed by atoms with Crippen molar-refractivity contribution in [2.75, 3.05) is 11.9 Å².